The zero-order chi connectivity index (χ0) is 15.9. The second kappa shape index (κ2) is 8.42. The molecule has 0 aliphatic heterocycles. The number of benzene rings is 1. The van der Waals surface area contributed by atoms with E-state index in [4.69, 9.17) is 9.47 Å². The van der Waals surface area contributed by atoms with Gasteiger partial charge < -0.3 is 9.47 Å². The van der Waals surface area contributed by atoms with Gasteiger partial charge in [-0.2, -0.15) is 0 Å². The standard InChI is InChI=1S/C21H30O2/c1-2-9-17-16-20(22-18-10-5-3-6-11-18)14-15-21(17)23-19-12-7-4-8-13-19/h2,9,14-16,18-19H,3-8,10-13H2,1H3. The van der Waals surface area contributed by atoms with Crippen molar-refractivity contribution in [1.82, 2.24) is 0 Å². The van der Waals surface area contributed by atoms with Crippen molar-refractivity contribution in [2.75, 3.05) is 0 Å². The van der Waals surface area contributed by atoms with Gasteiger partial charge in [-0.3, -0.25) is 0 Å². The van der Waals surface area contributed by atoms with E-state index in [1.54, 1.807) is 0 Å². The monoisotopic (exact) mass is 314 g/mol. The molecular formula is C21H30O2. The van der Waals surface area contributed by atoms with E-state index in [9.17, 15) is 0 Å². The van der Waals surface area contributed by atoms with Gasteiger partial charge in [0, 0.05) is 5.56 Å². The van der Waals surface area contributed by atoms with Crippen LogP contribution in [0, 0.1) is 0 Å². The molecule has 0 unspecified atom stereocenters. The Morgan fingerprint density at radius 2 is 1.43 bits per heavy atom. The van der Waals surface area contributed by atoms with E-state index in [0.717, 1.165) is 17.1 Å². The first-order valence-electron chi connectivity index (χ1n) is 9.45. The van der Waals surface area contributed by atoms with Crippen molar-refractivity contribution in [3.05, 3.63) is 29.8 Å². The lowest BCUT2D eigenvalue weighted by Crippen LogP contribution is -2.20. The Morgan fingerprint density at radius 1 is 0.826 bits per heavy atom. The maximum Gasteiger partial charge on any atom is 0.127 e. The van der Waals surface area contributed by atoms with E-state index in [1.807, 2.05) is 0 Å². The topological polar surface area (TPSA) is 18.5 Å². The predicted molar refractivity (Wildman–Crippen MR) is 96.2 cm³/mol. The van der Waals surface area contributed by atoms with Gasteiger partial charge in [-0.25, -0.2) is 0 Å². The number of rotatable bonds is 5. The third-order valence-electron chi connectivity index (χ3n) is 5.03. The quantitative estimate of drug-likeness (QED) is 0.649. The molecule has 2 saturated carbocycles. The van der Waals surface area contributed by atoms with Gasteiger partial charge in [-0.1, -0.05) is 25.0 Å². The van der Waals surface area contributed by atoms with Gasteiger partial charge in [0.05, 0.1) is 12.2 Å². The fraction of sp³-hybridized carbons (Fsp3) is 0.619. The first kappa shape index (κ1) is 16.4. The first-order valence-corrected chi connectivity index (χ1v) is 9.45. The van der Waals surface area contributed by atoms with Crippen LogP contribution in [0.3, 0.4) is 0 Å². The molecule has 0 N–H and O–H groups in total. The Bertz CT molecular complexity index is 509. The fourth-order valence-electron chi connectivity index (χ4n) is 3.75. The molecule has 23 heavy (non-hydrogen) atoms. The summed E-state index contributed by atoms with van der Waals surface area (Å²) in [4.78, 5) is 0. The van der Waals surface area contributed by atoms with Crippen molar-refractivity contribution >= 4 is 6.08 Å². The smallest absolute Gasteiger partial charge is 0.127 e. The van der Waals surface area contributed by atoms with Crippen molar-refractivity contribution < 1.29 is 9.47 Å². The molecule has 2 fully saturated rings. The van der Waals surface area contributed by atoms with Crippen molar-refractivity contribution in [2.24, 2.45) is 0 Å². The Hall–Kier alpha value is -1.44. The Labute approximate surface area is 140 Å². The number of allylic oxidation sites excluding steroid dienone is 1. The minimum absolute atomic E-state index is 0.387. The molecule has 2 nitrogen and oxygen atoms in total. The van der Waals surface area contributed by atoms with Crippen LogP contribution in [0.5, 0.6) is 11.5 Å². The maximum absolute atomic E-state index is 6.28. The summed E-state index contributed by atoms with van der Waals surface area (Å²) in [7, 11) is 0. The summed E-state index contributed by atoms with van der Waals surface area (Å²) in [5.74, 6) is 1.99. The Morgan fingerprint density at radius 3 is 2.04 bits per heavy atom. The molecule has 2 heteroatoms. The number of ether oxygens (including phenoxy) is 2. The molecule has 0 saturated heterocycles. The van der Waals surface area contributed by atoms with Crippen LogP contribution >= 0.6 is 0 Å². The van der Waals surface area contributed by atoms with Gasteiger partial charge in [0.15, 0.2) is 0 Å². The molecule has 1 aromatic rings. The first-order chi connectivity index (χ1) is 11.3. The van der Waals surface area contributed by atoms with Crippen LogP contribution in [-0.2, 0) is 0 Å². The van der Waals surface area contributed by atoms with Crippen molar-refractivity contribution in [1.29, 1.82) is 0 Å². The second-order valence-corrected chi connectivity index (χ2v) is 6.96. The molecule has 1 aromatic carbocycles. The fourth-order valence-corrected chi connectivity index (χ4v) is 3.75. The molecule has 0 spiro atoms. The van der Waals surface area contributed by atoms with E-state index in [-0.39, 0.29) is 0 Å². The molecule has 0 bridgehead atoms. The molecule has 0 radical (unpaired) electrons. The molecule has 0 amide bonds. The third kappa shape index (κ3) is 4.76. The Kier molecular flexibility index (Phi) is 6.01. The normalized spacial score (nSPS) is 20.7. The summed E-state index contributed by atoms with van der Waals surface area (Å²) in [5, 5.41) is 0. The lowest BCUT2D eigenvalue weighted by molar-refractivity contribution is 0.150. The molecular weight excluding hydrogens is 284 g/mol. The molecule has 0 heterocycles. The van der Waals surface area contributed by atoms with Gasteiger partial charge in [0.1, 0.15) is 11.5 Å². The minimum atomic E-state index is 0.387. The highest BCUT2D eigenvalue weighted by atomic mass is 16.5. The predicted octanol–water partition coefficient (Wildman–Crippen LogP) is 6.14. The molecule has 126 valence electrons. The lowest BCUT2D eigenvalue weighted by Gasteiger charge is -2.25. The Balaban J connectivity index is 1.69. The molecule has 0 atom stereocenters. The zero-order valence-electron chi connectivity index (χ0n) is 14.4. The highest BCUT2D eigenvalue weighted by Gasteiger charge is 2.18. The highest BCUT2D eigenvalue weighted by molar-refractivity contribution is 5.59. The SMILES string of the molecule is CC=Cc1cc(OC2CCCCC2)ccc1OC1CCCCC1. The third-order valence-corrected chi connectivity index (χ3v) is 5.03. The maximum atomic E-state index is 6.28. The van der Waals surface area contributed by atoms with Gasteiger partial charge >= 0.3 is 0 Å². The van der Waals surface area contributed by atoms with Gasteiger partial charge in [0.2, 0.25) is 0 Å². The van der Waals surface area contributed by atoms with E-state index in [2.05, 4.69) is 37.3 Å². The van der Waals surface area contributed by atoms with Gasteiger partial charge in [0.25, 0.3) is 0 Å². The molecule has 2 aliphatic carbocycles. The van der Waals surface area contributed by atoms with Crippen LogP contribution in [0.2, 0.25) is 0 Å². The number of hydrogen-bond donors (Lipinski definition) is 0. The van der Waals surface area contributed by atoms with Crippen LogP contribution in [-0.4, -0.2) is 12.2 Å². The largest absolute Gasteiger partial charge is 0.490 e. The molecule has 3 rings (SSSR count). The van der Waals surface area contributed by atoms with E-state index in [1.165, 1.54) is 64.2 Å². The average molecular weight is 314 g/mol. The summed E-state index contributed by atoms with van der Waals surface area (Å²) in [6, 6.07) is 6.33. The summed E-state index contributed by atoms with van der Waals surface area (Å²) >= 11 is 0. The van der Waals surface area contributed by atoms with Crippen LogP contribution in [0.4, 0.5) is 0 Å². The minimum Gasteiger partial charge on any atom is -0.490 e. The summed E-state index contributed by atoms with van der Waals surface area (Å²) in [6.45, 7) is 2.05. The molecule has 2 aliphatic rings. The highest BCUT2D eigenvalue weighted by Crippen LogP contribution is 2.31. The van der Waals surface area contributed by atoms with Crippen molar-refractivity contribution in [3.8, 4) is 11.5 Å². The summed E-state index contributed by atoms with van der Waals surface area (Å²) < 4.78 is 12.5. The van der Waals surface area contributed by atoms with E-state index >= 15 is 0 Å². The zero-order valence-corrected chi connectivity index (χ0v) is 14.4. The lowest BCUT2D eigenvalue weighted by atomic mass is 9.97. The van der Waals surface area contributed by atoms with Crippen molar-refractivity contribution in [2.45, 2.75) is 83.3 Å². The second-order valence-electron chi connectivity index (χ2n) is 6.96. The summed E-state index contributed by atoms with van der Waals surface area (Å²) in [6.07, 6.45) is 17.7. The van der Waals surface area contributed by atoms with Crippen LogP contribution < -0.4 is 9.47 Å². The van der Waals surface area contributed by atoms with Crippen LogP contribution in [0.1, 0.15) is 76.7 Å². The summed E-state index contributed by atoms with van der Waals surface area (Å²) in [5.41, 5.74) is 1.14. The average Bonchev–Trinajstić information content (AvgIpc) is 2.59. The van der Waals surface area contributed by atoms with E-state index < -0.39 is 0 Å². The van der Waals surface area contributed by atoms with Gasteiger partial charge in [-0.15, -0.1) is 0 Å². The number of hydrogen-bond acceptors (Lipinski definition) is 2. The van der Waals surface area contributed by atoms with Crippen molar-refractivity contribution in [3.63, 3.8) is 0 Å². The van der Waals surface area contributed by atoms with E-state index in [0.29, 0.717) is 12.2 Å². The van der Waals surface area contributed by atoms with Crippen LogP contribution in [0.25, 0.3) is 6.08 Å². The van der Waals surface area contributed by atoms with Gasteiger partial charge in [-0.05, 0) is 76.5 Å². The molecule has 0 aromatic heterocycles. The van der Waals surface area contributed by atoms with Crippen LogP contribution in [0.15, 0.2) is 24.3 Å².